The van der Waals surface area contributed by atoms with Crippen LogP contribution in [0.2, 0.25) is 0 Å². The van der Waals surface area contributed by atoms with Crippen molar-refractivity contribution in [2.75, 3.05) is 5.75 Å². The third-order valence-electron chi connectivity index (χ3n) is 4.84. The molecule has 0 heterocycles. The minimum Gasteiger partial charge on any atom is -0.481 e. The van der Waals surface area contributed by atoms with Crippen LogP contribution in [0.15, 0.2) is 0 Å². The van der Waals surface area contributed by atoms with E-state index < -0.39 is 60.2 Å². The van der Waals surface area contributed by atoms with Crippen LogP contribution in [0.4, 0.5) is 0 Å². The Kier molecular flexibility index (Phi) is 12.8. The van der Waals surface area contributed by atoms with E-state index >= 15 is 0 Å². The molecule has 0 aromatic carbocycles. The molecular weight excluding hydrogens is 428 g/mol. The van der Waals surface area contributed by atoms with Gasteiger partial charge in [-0.15, -0.1) is 0 Å². The van der Waals surface area contributed by atoms with Crippen molar-refractivity contribution in [3.63, 3.8) is 0 Å². The van der Waals surface area contributed by atoms with E-state index in [1.54, 1.807) is 27.7 Å². The van der Waals surface area contributed by atoms with Crippen LogP contribution >= 0.6 is 12.6 Å². The summed E-state index contributed by atoms with van der Waals surface area (Å²) in [6.45, 7) is 6.77. The van der Waals surface area contributed by atoms with Crippen LogP contribution in [0.1, 0.15) is 47.0 Å². The molecule has 12 heteroatoms. The van der Waals surface area contributed by atoms with E-state index in [1.807, 2.05) is 0 Å². The third kappa shape index (κ3) is 10.0. The summed E-state index contributed by atoms with van der Waals surface area (Å²) in [6.07, 6.45) is -0.123. The van der Waals surface area contributed by atoms with Gasteiger partial charge in [0.25, 0.3) is 0 Å². The zero-order valence-corrected chi connectivity index (χ0v) is 19.1. The highest BCUT2D eigenvalue weighted by atomic mass is 32.1. The van der Waals surface area contributed by atoms with Crippen LogP contribution in [0.5, 0.6) is 0 Å². The lowest BCUT2D eigenvalue weighted by Gasteiger charge is -2.28. The predicted octanol–water partition coefficient (Wildman–Crippen LogP) is -0.651. The molecule has 11 nitrogen and oxygen atoms in total. The van der Waals surface area contributed by atoms with Gasteiger partial charge in [0, 0.05) is 12.2 Å². The topological polar surface area (TPSA) is 188 Å². The Labute approximate surface area is 187 Å². The van der Waals surface area contributed by atoms with E-state index in [4.69, 9.17) is 10.8 Å². The van der Waals surface area contributed by atoms with Gasteiger partial charge in [0.05, 0.1) is 6.04 Å². The maximum Gasteiger partial charge on any atom is 0.326 e. The van der Waals surface area contributed by atoms with E-state index in [2.05, 4.69) is 28.6 Å². The minimum atomic E-state index is -1.24. The molecule has 0 aromatic rings. The number of amides is 3. The maximum absolute atomic E-state index is 12.8. The quantitative estimate of drug-likeness (QED) is 0.166. The van der Waals surface area contributed by atoms with Crippen LogP contribution in [0.3, 0.4) is 0 Å². The van der Waals surface area contributed by atoms with Crippen molar-refractivity contribution < 1.29 is 34.2 Å². The first-order valence-corrected chi connectivity index (χ1v) is 10.7. The highest BCUT2D eigenvalue weighted by Gasteiger charge is 2.33. The van der Waals surface area contributed by atoms with Crippen LogP contribution in [0.25, 0.3) is 0 Å². The first-order chi connectivity index (χ1) is 14.3. The van der Waals surface area contributed by atoms with Crippen molar-refractivity contribution >= 4 is 42.3 Å². The molecule has 0 bridgehead atoms. The lowest BCUT2D eigenvalue weighted by Crippen LogP contribution is -2.59. The number of hydrogen-bond acceptors (Lipinski definition) is 7. The summed E-state index contributed by atoms with van der Waals surface area (Å²) < 4.78 is 0. The van der Waals surface area contributed by atoms with Gasteiger partial charge in [-0.25, -0.2) is 4.79 Å². The number of hydrogen-bond donors (Lipinski definition) is 7. The Bertz CT molecular complexity index is 659. The van der Waals surface area contributed by atoms with Crippen molar-refractivity contribution in [2.45, 2.75) is 71.1 Å². The zero-order valence-electron chi connectivity index (χ0n) is 18.3. The molecule has 31 heavy (non-hydrogen) atoms. The summed E-state index contributed by atoms with van der Waals surface area (Å²) in [6, 6.07) is -4.47. The Morgan fingerprint density at radius 3 is 1.87 bits per heavy atom. The van der Waals surface area contributed by atoms with Gasteiger partial charge in [0.1, 0.15) is 18.1 Å². The van der Waals surface area contributed by atoms with Crippen molar-refractivity contribution in [1.29, 1.82) is 0 Å². The first kappa shape index (κ1) is 28.7. The van der Waals surface area contributed by atoms with E-state index in [0.29, 0.717) is 6.42 Å². The number of nitrogens with two attached hydrogens (primary N) is 1. The smallest absolute Gasteiger partial charge is 0.326 e. The average molecular weight is 463 g/mol. The summed E-state index contributed by atoms with van der Waals surface area (Å²) in [5.74, 6) is -5.23. The summed E-state index contributed by atoms with van der Waals surface area (Å²) in [4.78, 5) is 60.0. The molecule has 0 spiro atoms. The van der Waals surface area contributed by atoms with Gasteiger partial charge in [-0.2, -0.15) is 12.6 Å². The number of nitrogens with one attached hydrogen (secondary N) is 3. The van der Waals surface area contributed by atoms with Gasteiger partial charge >= 0.3 is 11.9 Å². The lowest BCUT2D eigenvalue weighted by molar-refractivity contribution is -0.144. The number of rotatable bonds is 14. The van der Waals surface area contributed by atoms with Crippen LogP contribution < -0.4 is 21.7 Å². The second kappa shape index (κ2) is 13.9. The molecule has 0 aromatic heterocycles. The highest BCUT2D eigenvalue weighted by molar-refractivity contribution is 7.80. The number of carboxylic acid groups (broad SMARTS) is 2. The Morgan fingerprint density at radius 2 is 1.45 bits per heavy atom. The minimum absolute atomic E-state index is 0.0166. The van der Waals surface area contributed by atoms with Gasteiger partial charge < -0.3 is 31.9 Å². The summed E-state index contributed by atoms with van der Waals surface area (Å²) in [5.41, 5.74) is 5.60. The molecule has 0 aliphatic heterocycles. The molecule has 5 atom stereocenters. The first-order valence-electron chi connectivity index (χ1n) is 10.1. The molecule has 0 rings (SSSR count). The van der Waals surface area contributed by atoms with Gasteiger partial charge in [-0.3, -0.25) is 19.2 Å². The van der Waals surface area contributed by atoms with E-state index in [1.165, 1.54) is 0 Å². The SMILES string of the molecule is CCC(C)C(NC(=O)C(CCC(=O)O)NC(=O)C(N)CS)C(=O)NC(C(=O)O)C(C)C. The molecule has 0 aliphatic rings. The predicted molar refractivity (Wildman–Crippen MR) is 116 cm³/mol. The number of carboxylic acids is 2. The Balaban J connectivity index is 5.56. The second-order valence-electron chi connectivity index (χ2n) is 7.72. The van der Waals surface area contributed by atoms with Gasteiger partial charge in [-0.05, 0) is 18.3 Å². The number of thiol groups is 1. The average Bonchev–Trinajstić information content (AvgIpc) is 2.70. The van der Waals surface area contributed by atoms with Gasteiger partial charge in [-0.1, -0.05) is 34.1 Å². The van der Waals surface area contributed by atoms with Crippen molar-refractivity contribution in [2.24, 2.45) is 17.6 Å². The normalized spacial score (nSPS) is 15.8. The van der Waals surface area contributed by atoms with Crippen LogP contribution in [0, 0.1) is 11.8 Å². The summed E-state index contributed by atoms with van der Waals surface area (Å²) >= 11 is 3.92. The molecule has 0 aliphatic carbocycles. The molecule has 0 saturated carbocycles. The Hall–Kier alpha value is -2.34. The van der Waals surface area contributed by atoms with Crippen LogP contribution in [-0.4, -0.2) is 69.8 Å². The standard InChI is InChI=1S/C19H34N4O7S/c1-5-10(4)15(18(28)22-14(9(2)3)19(29)30)23-17(27)12(6-7-13(24)25)21-16(26)11(20)8-31/h9-12,14-15,31H,5-8,20H2,1-4H3,(H,21,26)(H,22,28)(H,23,27)(H,24,25)(H,29,30). The molecular formula is C19H34N4O7S. The van der Waals surface area contributed by atoms with Gasteiger partial charge in [0.15, 0.2) is 0 Å². The fourth-order valence-electron chi connectivity index (χ4n) is 2.61. The molecule has 3 amide bonds. The van der Waals surface area contributed by atoms with Crippen LogP contribution in [-0.2, 0) is 24.0 Å². The monoisotopic (exact) mass is 462 g/mol. The molecule has 5 unspecified atom stereocenters. The third-order valence-corrected chi connectivity index (χ3v) is 5.23. The van der Waals surface area contributed by atoms with Gasteiger partial charge in [0.2, 0.25) is 17.7 Å². The molecule has 0 fully saturated rings. The number of carbonyl (C=O) groups excluding carboxylic acids is 3. The maximum atomic E-state index is 12.8. The lowest BCUT2D eigenvalue weighted by atomic mass is 9.96. The number of aliphatic carboxylic acids is 2. The van der Waals surface area contributed by atoms with E-state index in [0.717, 1.165) is 0 Å². The number of carbonyl (C=O) groups is 5. The largest absolute Gasteiger partial charge is 0.481 e. The fourth-order valence-corrected chi connectivity index (χ4v) is 2.78. The zero-order chi connectivity index (χ0) is 24.3. The molecule has 178 valence electrons. The van der Waals surface area contributed by atoms with Crippen molar-refractivity contribution in [3.8, 4) is 0 Å². The fraction of sp³-hybridized carbons (Fsp3) is 0.737. The summed E-state index contributed by atoms with van der Waals surface area (Å²) in [7, 11) is 0. The molecule has 7 N–H and O–H groups in total. The Morgan fingerprint density at radius 1 is 0.903 bits per heavy atom. The van der Waals surface area contributed by atoms with E-state index in [9.17, 15) is 29.1 Å². The highest BCUT2D eigenvalue weighted by Crippen LogP contribution is 2.11. The second-order valence-corrected chi connectivity index (χ2v) is 8.09. The van der Waals surface area contributed by atoms with Crippen molar-refractivity contribution in [3.05, 3.63) is 0 Å². The van der Waals surface area contributed by atoms with E-state index in [-0.39, 0.29) is 24.0 Å². The van der Waals surface area contributed by atoms with Crippen molar-refractivity contribution in [1.82, 2.24) is 16.0 Å². The molecule has 0 radical (unpaired) electrons. The summed E-state index contributed by atoms with van der Waals surface area (Å²) in [5, 5.41) is 25.6. The molecule has 0 saturated heterocycles.